The molecule has 2 rings (SSSR count). The molecule has 1 aromatic carbocycles. The highest BCUT2D eigenvalue weighted by atomic mass is 35.5. The zero-order valence-electron chi connectivity index (χ0n) is 11.0. The van der Waals surface area contributed by atoms with Gasteiger partial charge < -0.3 is 14.9 Å². The van der Waals surface area contributed by atoms with Crippen molar-refractivity contribution >= 4 is 17.3 Å². The van der Waals surface area contributed by atoms with Crippen LogP contribution in [0, 0.1) is 0 Å². The summed E-state index contributed by atoms with van der Waals surface area (Å²) in [6.07, 6.45) is 1.11. The van der Waals surface area contributed by atoms with Gasteiger partial charge in [-0.05, 0) is 51.2 Å². The van der Waals surface area contributed by atoms with Crippen LogP contribution in [0.5, 0.6) is 0 Å². The predicted molar refractivity (Wildman–Crippen MR) is 76.4 cm³/mol. The summed E-state index contributed by atoms with van der Waals surface area (Å²) in [6, 6.07) is 8.46. The van der Waals surface area contributed by atoms with Gasteiger partial charge in [0.25, 0.3) is 0 Å². The minimum Gasteiger partial charge on any atom is -0.394 e. The Bertz CT molecular complexity index is 382. The third kappa shape index (κ3) is 2.97. The van der Waals surface area contributed by atoms with Gasteiger partial charge >= 0.3 is 0 Å². The quantitative estimate of drug-likeness (QED) is 0.891. The predicted octanol–water partition coefficient (Wildman–Crippen LogP) is 2.23. The summed E-state index contributed by atoms with van der Waals surface area (Å²) in [6.45, 7) is 4.36. The van der Waals surface area contributed by atoms with Gasteiger partial charge in [-0.25, -0.2) is 0 Å². The van der Waals surface area contributed by atoms with E-state index in [-0.39, 0.29) is 12.6 Å². The molecule has 0 bridgehead atoms. The van der Waals surface area contributed by atoms with E-state index in [9.17, 15) is 5.11 Å². The number of halogens is 1. The number of likely N-dealkylation sites (N-methyl/N-ethyl adjacent to an activating group) is 1. The fourth-order valence-electron chi connectivity index (χ4n) is 2.67. The molecule has 100 valence electrons. The molecule has 0 spiro atoms. The highest BCUT2D eigenvalue weighted by Gasteiger charge is 2.27. The third-order valence-electron chi connectivity index (χ3n) is 3.65. The lowest BCUT2D eigenvalue weighted by molar-refractivity contribution is 0.228. The van der Waals surface area contributed by atoms with E-state index in [2.05, 4.69) is 23.8 Å². The second-order valence-electron chi connectivity index (χ2n) is 5.12. The Morgan fingerprint density at radius 1 is 1.33 bits per heavy atom. The van der Waals surface area contributed by atoms with Crippen LogP contribution < -0.4 is 4.90 Å². The van der Waals surface area contributed by atoms with Crippen LogP contribution in [-0.4, -0.2) is 48.8 Å². The molecule has 3 nitrogen and oxygen atoms in total. The fourth-order valence-corrected chi connectivity index (χ4v) is 2.80. The van der Waals surface area contributed by atoms with Crippen LogP contribution in [0.1, 0.15) is 13.3 Å². The number of benzene rings is 1. The molecular formula is C14H21ClN2O. The van der Waals surface area contributed by atoms with Gasteiger partial charge in [-0.15, -0.1) is 0 Å². The van der Waals surface area contributed by atoms with Crippen LogP contribution in [0.25, 0.3) is 0 Å². The van der Waals surface area contributed by atoms with Gasteiger partial charge in [0, 0.05) is 23.3 Å². The van der Waals surface area contributed by atoms with Crippen molar-refractivity contribution in [1.29, 1.82) is 0 Å². The first-order chi connectivity index (χ1) is 8.61. The summed E-state index contributed by atoms with van der Waals surface area (Å²) in [4.78, 5) is 4.60. The molecule has 1 aliphatic heterocycles. The molecule has 2 atom stereocenters. The first-order valence-corrected chi connectivity index (χ1v) is 6.83. The monoisotopic (exact) mass is 268 g/mol. The van der Waals surface area contributed by atoms with Crippen molar-refractivity contribution < 1.29 is 5.11 Å². The first-order valence-electron chi connectivity index (χ1n) is 6.45. The lowest BCUT2D eigenvalue weighted by Crippen LogP contribution is -2.46. The standard InChI is InChI=1S/C14H21ClN2O/c1-11-7-8-16(2)9-14(10-18)17(11)13-5-3-12(15)4-6-13/h3-6,11,14,18H,7-10H2,1-2H3. The molecule has 2 unspecified atom stereocenters. The topological polar surface area (TPSA) is 26.7 Å². The molecule has 1 saturated heterocycles. The van der Waals surface area contributed by atoms with Crippen molar-refractivity contribution in [3.05, 3.63) is 29.3 Å². The fraction of sp³-hybridized carbons (Fsp3) is 0.571. The van der Waals surface area contributed by atoms with E-state index in [1.807, 2.05) is 24.3 Å². The molecule has 1 N–H and O–H groups in total. The van der Waals surface area contributed by atoms with Gasteiger partial charge in [-0.1, -0.05) is 11.6 Å². The van der Waals surface area contributed by atoms with Crippen LogP contribution in [0.4, 0.5) is 5.69 Å². The van der Waals surface area contributed by atoms with Crippen molar-refractivity contribution in [1.82, 2.24) is 4.90 Å². The maximum absolute atomic E-state index is 9.64. The number of hydrogen-bond acceptors (Lipinski definition) is 3. The second-order valence-corrected chi connectivity index (χ2v) is 5.56. The van der Waals surface area contributed by atoms with Crippen molar-refractivity contribution in [3.8, 4) is 0 Å². The summed E-state index contributed by atoms with van der Waals surface area (Å²) >= 11 is 5.94. The Balaban J connectivity index is 2.28. The minimum atomic E-state index is 0.147. The Kier molecular flexibility index (Phi) is 4.49. The average Bonchev–Trinajstić information content (AvgIpc) is 2.50. The third-order valence-corrected chi connectivity index (χ3v) is 3.91. The smallest absolute Gasteiger partial charge is 0.0650 e. The van der Waals surface area contributed by atoms with E-state index in [1.54, 1.807) is 0 Å². The van der Waals surface area contributed by atoms with Crippen LogP contribution >= 0.6 is 11.6 Å². The lowest BCUT2D eigenvalue weighted by atomic mass is 10.1. The Morgan fingerprint density at radius 3 is 2.61 bits per heavy atom. The number of anilines is 1. The number of nitrogens with zero attached hydrogens (tertiary/aromatic N) is 2. The summed E-state index contributed by atoms with van der Waals surface area (Å²) < 4.78 is 0. The Morgan fingerprint density at radius 2 is 2.00 bits per heavy atom. The zero-order chi connectivity index (χ0) is 13.1. The molecule has 0 aliphatic carbocycles. The van der Waals surface area contributed by atoms with Gasteiger partial charge in [-0.3, -0.25) is 0 Å². The molecule has 0 amide bonds. The number of aliphatic hydroxyl groups is 1. The van der Waals surface area contributed by atoms with Gasteiger partial charge in [-0.2, -0.15) is 0 Å². The van der Waals surface area contributed by atoms with E-state index in [1.165, 1.54) is 0 Å². The number of aliphatic hydroxyl groups excluding tert-OH is 1. The minimum absolute atomic E-state index is 0.147. The van der Waals surface area contributed by atoms with Crippen molar-refractivity contribution in [2.24, 2.45) is 0 Å². The molecule has 1 fully saturated rings. The van der Waals surface area contributed by atoms with E-state index in [0.717, 1.165) is 30.2 Å². The molecular weight excluding hydrogens is 248 g/mol. The van der Waals surface area contributed by atoms with Gasteiger partial charge in [0.2, 0.25) is 0 Å². The summed E-state index contributed by atoms with van der Waals surface area (Å²) in [5, 5.41) is 10.4. The van der Waals surface area contributed by atoms with E-state index < -0.39 is 0 Å². The number of hydrogen-bond donors (Lipinski definition) is 1. The molecule has 0 radical (unpaired) electrons. The second kappa shape index (κ2) is 5.91. The zero-order valence-corrected chi connectivity index (χ0v) is 11.8. The summed E-state index contributed by atoms with van der Waals surface area (Å²) in [5.41, 5.74) is 1.14. The van der Waals surface area contributed by atoms with Crippen LogP contribution in [0.2, 0.25) is 5.02 Å². The van der Waals surface area contributed by atoms with Crippen LogP contribution in [0.3, 0.4) is 0 Å². The van der Waals surface area contributed by atoms with Crippen LogP contribution in [0.15, 0.2) is 24.3 Å². The average molecular weight is 269 g/mol. The Hall–Kier alpha value is -0.770. The first kappa shape index (κ1) is 13.7. The van der Waals surface area contributed by atoms with E-state index >= 15 is 0 Å². The summed E-state index contributed by atoms with van der Waals surface area (Å²) in [7, 11) is 2.11. The SMILES string of the molecule is CC1CCN(C)CC(CO)N1c1ccc(Cl)cc1. The van der Waals surface area contributed by atoms with Crippen molar-refractivity contribution in [2.45, 2.75) is 25.4 Å². The molecule has 1 heterocycles. The maximum atomic E-state index is 9.64. The largest absolute Gasteiger partial charge is 0.394 e. The summed E-state index contributed by atoms with van der Waals surface area (Å²) in [5.74, 6) is 0. The lowest BCUT2D eigenvalue weighted by Gasteiger charge is -2.36. The van der Waals surface area contributed by atoms with Gasteiger partial charge in [0.1, 0.15) is 0 Å². The number of rotatable bonds is 2. The van der Waals surface area contributed by atoms with Gasteiger partial charge in [0.05, 0.1) is 12.6 Å². The molecule has 0 aromatic heterocycles. The van der Waals surface area contributed by atoms with Crippen LogP contribution in [-0.2, 0) is 0 Å². The van der Waals surface area contributed by atoms with Crippen molar-refractivity contribution in [3.63, 3.8) is 0 Å². The van der Waals surface area contributed by atoms with E-state index in [0.29, 0.717) is 6.04 Å². The van der Waals surface area contributed by atoms with Crippen molar-refractivity contribution in [2.75, 3.05) is 31.6 Å². The van der Waals surface area contributed by atoms with Gasteiger partial charge in [0.15, 0.2) is 0 Å². The highest BCUT2D eigenvalue weighted by Crippen LogP contribution is 2.25. The maximum Gasteiger partial charge on any atom is 0.0650 e. The molecule has 4 heteroatoms. The Labute approximate surface area is 114 Å². The molecule has 0 saturated carbocycles. The molecule has 1 aromatic rings. The van der Waals surface area contributed by atoms with E-state index in [4.69, 9.17) is 11.6 Å². The normalized spacial score (nSPS) is 26.1. The highest BCUT2D eigenvalue weighted by molar-refractivity contribution is 6.30. The molecule has 18 heavy (non-hydrogen) atoms. The molecule has 1 aliphatic rings.